The van der Waals surface area contributed by atoms with Gasteiger partial charge in [-0.3, -0.25) is 4.79 Å². The van der Waals surface area contributed by atoms with Gasteiger partial charge in [-0.25, -0.2) is 0 Å². The zero-order chi connectivity index (χ0) is 14.7. The Hall–Kier alpha value is -0.440. The molecule has 0 aromatic heterocycles. The number of carbonyl (C=O) groups excluding carboxylic acids is 1. The minimum Gasteiger partial charge on any atom is -0.337 e. The Balaban J connectivity index is 2.05. The van der Waals surface area contributed by atoms with Crippen LogP contribution in [0.25, 0.3) is 0 Å². The lowest BCUT2D eigenvalue weighted by atomic mass is 10.0. The molecule has 3 unspecified atom stereocenters. The lowest BCUT2D eigenvalue weighted by Gasteiger charge is -2.19. The van der Waals surface area contributed by atoms with E-state index in [1.165, 1.54) is 0 Å². The van der Waals surface area contributed by atoms with Crippen LogP contribution in [-0.4, -0.2) is 28.1 Å². The number of hydrogen-bond acceptors (Lipinski definition) is 1. The fourth-order valence-corrected chi connectivity index (χ4v) is 3.70. The van der Waals surface area contributed by atoms with Gasteiger partial charge in [0.25, 0.3) is 0 Å². The Morgan fingerprint density at radius 2 is 2.20 bits per heavy atom. The number of nitrogens with zero attached hydrogens (tertiary/aromatic N) is 1. The summed E-state index contributed by atoms with van der Waals surface area (Å²) >= 11 is 18.6. The van der Waals surface area contributed by atoms with Gasteiger partial charge in [0.1, 0.15) is 5.38 Å². The van der Waals surface area contributed by atoms with Crippen molar-refractivity contribution in [3.8, 4) is 0 Å². The van der Waals surface area contributed by atoms with Crippen molar-refractivity contribution >= 4 is 40.7 Å². The Labute approximate surface area is 135 Å². The second-order valence-corrected chi connectivity index (χ2v) is 6.69. The number of hydrogen-bond donors (Lipinski definition) is 0. The van der Waals surface area contributed by atoms with Gasteiger partial charge < -0.3 is 4.90 Å². The first-order valence-electron chi connectivity index (χ1n) is 6.84. The summed E-state index contributed by atoms with van der Waals surface area (Å²) in [4.78, 5) is 14.0. The van der Waals surface area contributed by atoms with Crippen molar-refractivity contribution in [2.45, 2.75) is 37.1 Å². The van der Waals surface area contributed by atoms with Gasteiger partial charge in [0.15, 0.2) is 0 Å². The van der Waals surface area contributed by atoms with Crippen molar-refractivity contribution in [3.05, 3.63) is 34.9 Å². The van der Waals surface area contributed by atoms with Gasteiger partial charge in [0.05, 0.1) is 0 Å². The highest BCUT2D eigenvalue weighted by atomic mass is 35.5. The summed E-state index contributed by atoms with van der Waals surface area (Å²) in [6.45, 7) is 3.24. The van der Waals surface area contributed by atoms with Crippen LogP contribution in [0.4, 0.5) is 0 Å². The van der Waals surface area contributed by atoms with Crippen molar-refractivity contribution in [2.24, 2.45) is 5.92 Å². The van der Waals surface area contributed by atoms with Gasteiger partial charge in [0, 0.05) is 29.4 Å². The van der Waals surface area contributed by atoms with Crippen molar-refractivity contribution in [2.75, 3.05) is 6.54 Å². The largest absolute Gasteiger partial charge is 0.337 e. The molecule has 1 heterocycles. The summed E-state index contributed by atoms with van der Waals surface area (Å²) in [6, 6.07) is 7.53. The van der Waals surface area contributed by atoms with Gasteiger partial charge >= 0.3 is 0 Å². The number of benzene rings is 1. The molecule has 2 nitrogen and oxygen atoms in total. The second kappa shape index (κ2) is 7.02. The fraction of sp³-hybridized carbons (Fsp3) is 0.533. The summed E-state index contributed by atoms with van der Waals surface area (Å²) in [5.41, 5.74) is 1.01. The molecule has 1 aromatic carbocycles. The number of alkyl halides is 2. The molecule has 0 spiro atoms. The van der Waals surface area contributed by atoms with Gasteiger partial charge in [-0.15, -0.1) is 23.2 Å². The Bertz CT molecular complexity index is 480. The summed E-state index contributed by atoms with van der Waals surface area (Å²) in [5, 5.41) is 0.119. The molecule has 110 valence electrons. The molecular formula is C15H18Cl3NO. The van der Waals surface area contributed by atoms with Crippen molar-refractivity contribution in [1.82, 2.24) is 4.90 Å². The molecule has 0 N–H and O–H groups in total. The first-order chi connectivity index (χ1) is 9.52. The van der Waals surface area contributed by atoms with E-state index in [0.717, 1.165) is 18.4 Å². The van der Waals surface area contributed by atoms with Crippen LogP contribution in [0.1, 0.15) is 25.3 Å². The van der Waals surface area contributed by atoms with Crippen LogP contribution in [0.15, 0.2) is 24.3 Å². The number of amides is 1. The molecule has 1 aliphatic heterocycles. The van der Waals surface area contributed by atoms with E-state index in [4.69, 9.17) is 34.8 Å². The maximum atomic E-state index is 12.2. The molecule has 1 fully saturated rings. The van der Waals surface area contributed by atoms with E-state index in [1.807, 2.05) is 24.3 Å². The molecule has 0 bridgehead atoms. The molecule has 1 saturated heterocycles. The van der Waals surface area contributed by atoms with Crippen molar-refractivity contribution < 1.29 is 4.79 Å². The molecule has 0 radical (unpaired) electrons. The molecule has 1 aromatic rings. The number of rotatable bonds is 5. The van der Waals surface area contributed by atoms with Crippen LogP contribution in [0.2, 0.25) is 5.02 Å². The number of carbonyl (C=O) groups is 1. The van der Waals surface area contributed by atoms with Crippen LogP contribution < -0.4 is 0 Å². The molecule has 1 aliphatic rings. The van der Waals surface area contributed by atoms with E-state index < -0.39 is 5.38 Å². The van der Waals surface area contributed by atoms with Crippen LogP contribution in [0.3, 0.4) is 0 Å². The summed E-state index contributed by atoms with van der Waals surface area (Å²) in [7, 11) is 0. The van der Waals surface area contributed by atoms with Crippen LogP contribution in [0, 0.1) is 5.92 Å². The van der Waals surface area contributed by atoms with E-state index in [2.05, 4.69) is 6.92 Å². The summed E-state index contributed by atoms with van der Waals surface area (Å²) in [5.74, 6) is -0.0108. The Morgan fingerprint density at radius 1 is 1.45 bits per heavy atom. The maximum absolute atomic E-state index is 12.2. The topological polar surface area (TPSA) is 20.3 Å². The van der Waals surface area contributed by atoms with Gasteiger partial charge in [-0.2, -0.15) is 0 Å². The van der Waals surface area contributed by atoms with Gasteiger partial charge in [-0.05, 0) is 24.1 Å². The monoisotopic (exact) mass is 333 g/mol. The smallest absolute Gasteiger partial charge is 0.241 e. The molecule has 2 rings (SSSR count). The molecule has 5 heteroatoms. The fourth-order valence-electron chi connectivity index (χ4n) is 2.58. The van der Waals surface area contributed by atoms with E-state index >= 15 is 0 Å². The van der Waals surface area contributed by atoms with Crippen LogP contribution >= 0.6 is 34.8 Å². The predicted molar refractivity (Wildman–Crippen MR) is 84.5 cm³/mol. The number of likely N-dealkylation sites (tertiary alicyclic amines) is 1. The minimum atomic E-state index is -0.511. The number of halogens is 3. The van der Waals surface area contributed by atoms with E-state index in [9.17, 15) is 4.79 Å². The minimum absolute atomic E-state index is 0.0185. The van der Waals surface area contributed by atoms with Gasteiger partial charge in [0.2, 0.25) is 5.91 Å². The van der Waals surface area contributed by atoms with E-state index in [1.54, 1.807) is 4.90 Å². The third kappa shape index (κ3) is 3.60. The zero-order valence-corrected chi connectivity index (χ0v) is 13.6. The molecule has 3 atom stereocenters. The van der Waals surface area contributed by atoms with Gasteiger partial charge in [-0.1, -0.05) is 37.1 Å². The average Bonchev–Trinajstić information content (AvgIpc) is 2.68. The first kappa shape index (κ1) is 15.9. The van der Waals surface area contributed by atoms with Crippen LogP contribution in [0.5, 0.6) is 0 Å². The average molecular weight is 335 g/mol. The molecule has 1 amide bonds. The quantitative estimate of drug-likeness (QED) is 0.735. The maximum Gasteiger partial charge on any atom is 0.241 e. The zero-order valence-electron chi connectivity index (χ0n) is 11.4. The molecular weight excluding hydrogens is 317 g/mol. The van der Waals surface area contributed by atoms with E-state index in [0.29, 0.717) is 18.1 Å². The molecule has 0 aliphatic carbocycles. The summed E-state index contributed by atoms with van der Waals surface area (Å²) in [6.07, 6.45) is 1.88. The third-order valence-corrected chi connectivity index (χ3v) is 4.93. The Morgan fingerprint density at radius 3 is 2.85 bits per heavy atom. The highest BCUT2D eigenvalue weighted by Crippen LogP contribution is 2.32. The highest BCUT2D eigenvalue weighted by Gasteiger charge is 2.42. The highest BCUT2D eigenvalue weighted by molar-refractivity contribution is 6.32. The van der Waals surface area contributed by atoms with Crippen LogP contribution in [-0.2, 0) is 11.3 Å². The molecule has 20 heavy (non-hydrogen) atoms. The second-order valence-electron chi connectivity index (χ2n) is 5.22. The first-order valence-corrected chi connectivity index (χ1v) is 8.09. The Kier molecular flexibility index (Phi) is 5.59. The lowest BCUT2D eigenvalue weighted by Crippen LogP contribution is -2.27. The van der Waals surface area contributed by atoms with E-state index in [-0.39, 0.29) is 17.2 Å². The lowest BCUT2D eigenvalue weighted by molar-refractivity contribution is -0.127. The standard InChI is InChI=1S/C15H18Cl3NO/c1-2-4-13(17)12-9-19(15(20)14(12)18)8-10-5-3-6-11(16)7-10/h3,5-7,12-14H,2,4,8-9H2,1H3. The van der Waals surface area contributed by atoms with Crippen molar-refractivity contribution in [1.29, 1.82) is 0 Å². The normalized spacial score (nSPS) is 24.2. The van der Waals surface area contributed by atoms with Crippen molar-refractivity contribution in [3.63, 3.8) is 0 Å². The summed E-state index contributed by atoms with van der Waals surface area (Å²) < 4.78 is 0. The molecule has 0 saturated carbocycles. The third-order valence-electron chi connectivity index (χ3n) is 3.65. The predicted octanol–water partition coefficient (Wildman–Crippen LogP) is 4.31. The SMILES string of the molecule is CCCC(Cl)C1CN(Cc2cccc(Cl)c2)C(=O)C1Cl.